The van der Waals surface area contributed by atoms with E-state index in [0.29, 0.717) is 23.0 Å². The molecule has 6 nitrogen and oxygen atoms in total. The Balaban J connectivity index is 1.88. The summed E-state index contributed by atoms with van der Waals surface area (Å²) in [6.07, 6.45) is 4.70. The zero-order chi connectivity index (χ0) is 22.2. The van der Waals surface area contributed by atoms with E-state index >= 15 is 0 Å². The number of rotatable bonds is 6. The Morgan fingerprint density at radius 3 is 2.73 bits per heavy atom. The lowest BCUT2D eigenvalue weighted by atomic mass is 9.85. The summed E-state index contributed by atoms with van der Waals surface area (Å²) in [6, 6.07) is 3.49. The summed E-state index contributed by atoms with van der Waals surface area (Å²) in [5.74, 6) is 0.687. The van der Waals surface area contributed by atoms with Crippen LogP contribution in [0.3, 0.4) is 0 Å². The van der Waals surface area contributed by atoms with Crippen LogP contribution in [0.25, 0.3) is 11.2 Å². The zero-order valence-corrected chi connectivity index (χ0v) is 19.2. The number of fused-ring (bicyclic) bond motifs is 1. The van der Waals surface area contributed by atoms with Crippen LogP contribution in [0, 0.1) is 11.8 Å². The number of nitrogens with zero attached hydrogens (tertiary/aromatic N) is 4. The van der Waals surface area contributed by atoms with Crippen molar-refractivity contribution >= 4 is 21.1 Å². The first kappa shape index (κ1) is 22.5. The van der Waals surface area contributed by atoms with Gasteiger partial charge in [0.15, 0.2) is 5.65 Å². The summed E-state index contributed by atoms with van der Waals surface area (Å²) in [4.78, 5) is 6.61. The fourth-order valence-electron chi connectivity index (χ4n) is 4.33. The molecule has 0 aliphatic carbocycles. The molecule has 0 N–H and O–H groups in total. The molecule has 0 radical (unpaired) electrons. The normalized spacial score (nSPS) is 24.3. The highest BCUT2D eigenvalue weighted by atomic mass is 32.2. The molecule has 0 spiro atoms. The Bertz CT molecular complexity index is 1070. The van der Waals surface area contributed by atoms with Gasteiger partial charge in [0, 0.05) is 24.5 Å². The molecule has 2 aromatic heterocycles. The second kappa shape index (κ2) is 8.49. The standard InChI is InChI=1S/C22H31FN4O2S/c1-14-9-19(13-30(6,28)29)18(5)26(12-14)16(3)10-15(2)21-11-24-22-8-7-20(17(4)23)25-27(21)22/h7-8,10-11,14,17-19H,2,9,12-13H2,1,3-6H3/b16-10+. The number of hydrogen-bond donors (Lipinski definition) is 0. The Kier molecular flexibility index (Phi) is 6.36. The average Bonchev–Trinajstić information content (AvgIpc) is 3.06. The molecule has 8 heteroatoms. The van der Waals surface area contributed by atoms with Crippen molar-refractivity contribution in [2.24, 2.45) is 11.8 Å². The highest BCUT2D eigenvalue weighted by molar-refractivity contribution is 7.90. The zero-order valence-electron chi connectivity index (χ0n) is 18.3. The number of hydrogen-bond acceptors (Lipinski definition) is 5. The summed E-state index contributed by atoms with van der Waals surface area (Å²) in [7, 11) is -3.04. The van der Waals surface area contributed by atoms with E-state index in [1.807, 2.05) is 13.0 Å². The van der Waals surface area contributed by atoms with Crippen molar-refractivity contribution in [2.75, 3.05) is 18.6 Å². The number of piperidine rings is 1. The Morgan fingerprint density at radius 2 is 2.10 bits per heavy atom. The summed E-state index contributed by atoms with van der Waals surface area (Å²) in [6.45, 7) is 12.8. The summed E-state index contributed by atoms with van der Waals surface area (Å²) >= 11 is 0. The number of alkyl halides is 1. The maximum Gasteiger partial charge on any atom is 0.154 e. The monoisotopic (exact) mass is 434 g/mol. The van der Waals surface area contributed by atoms with Crippen molar-refractivity contribution in [3.05, 3.63) is 48.1 Å². The molecule has 2 aromatic rings. The van der Waals surface area contributed by atoms with Crippen LogP contribution in [0.2, 0.25) is 0 Å². The fraction of sp³-hybridized carbons (Fsp3) is 0.545. The molecule has 0 bridgehead atoms. The first-order valence-electron chi connectivity index (χ1n) is 10.3. The molecule has 4 atom stereocenters. The van der Waals surface area contributed by atoms with E-state index in [-0.39, 0.29) is 17.7 Å². The summed E-state index contributed by atoms with van der Waals surface area (Å²) in [5, 5.41) is 4.36. The van der Waals surface area contributed by atoms with Gasteiger partial charge in [0.25, 0.3) is 0 Å². The minimum Gasteiger partial charge on any atom is -0.372 e. The molecule has 0 aromatic carbocycles. The van der Waals surface area contributed by atoms with Gasteiger partial charge in [0.2, 0.25) is 0 Å². The van der Waals surface area contributed by atoms with Crippen molar-refractivity contribution < 1.29 is 12.8 Å². The average molecular weight is 435 g/mol. The smallest absolute Gasteiger partial charge is 0.154 e. The van der Waals surface area contributed by atoms with E-state index in [1.54, 1.807) is 22.8 Å². The Morgan fingerprint density at radius 1 is 1.40 bits per heavy atom. The van der Waals surface area contributed by atoms with E-state index in [1.165, 1.54) is 13.2 Å². The van der Waals surface area contributed by atoms with E-state index in [4.69, 9.17) is 0 Å². The number of likely N-dealkylation sites (tertiary alicyclic amines) is 1. The van der Waals surface area contributed by atoms with Crippen LogP contribution in [0.15, 0.2) is 36.7 Å². The molecule has 164 valence electrons. The van der Waals surface area contributed by atoms with Gasteiger partial charge in [-0.15, -0.1) is 0 Å². The van der Waals surface area contributed by atoms with Gasteiger partial charge in [-0.2, -0.15) is 5.10 Å². The van der Waals surface area contributed by atoms with Crippen LogP contribution in [0.5, 0.6) is 0 Å². The van der Waals surface area contributed by atoms with Crippen LogP contribution in [0.4, 0.5) is 4.39 Å². The van der Waals surface area contributed by atoms with Crippen LogP contribution in [-0.2, 0) is 9.84 Å². The van der Waals surface area contributed by atoms with Crippen molar-refractivity contribution in [1.29, 1.82) is 0 Å². The third-order valence-corrected chi connectivity index (χ3v) is 6.89. The van der Waals surface area contributed by atoms with Crippen LogP contribution in [-0.4, -0.2) is 52.5 Å². The molecule has 3 heterocycles. The lowest BCUT2D eigenvalue weighted by Crippen LogP contribution is -2.47. The second-order valence-corrected chi connectivity index (χ2v) is 10.9. The Hall–Kier alpha value is -2.22. The Labute approximate surface area is 178 Å². The van der Waals surface area contributed by atoms with E-state index in [0.717, 1.165) is 24.2 Å². The predicted molar refractivity (Wildman–Crippen MR) is 118 cm³/mol. The van der Waals surface area contributed by atoms with Crippen LogP contribution in [0.1, 0.15) is 51.7 Å². The number of halogens is 1. The predicted octanol–water partition coefficient (Wildman–Crippen LogP) is 4.07. The van der Waals surface area contributed by atoms with Gasteiger partial charge in [0.05, 0.1) is 23.3 Å². The van der Waals surface area contributed by atoms with Crippen LogP contribution >= 0.6 is 0 Å². The number of sulfone groups is 1. The molecule has 3 rings (SSSR count). The van der Waals surface area contributed by atoms with Gasteiger partial charge in [-0.3, -0.25) is 0 Å². The summed E-state index contributed by atoms with van der Waals surface area (Å²) in [5.41, 5.74) is 3.42. The highest BCUT2D eigenvalue weighted by Crippen LogP contribution is 2.32. The maximum atomic E-state index is 13.7. The van der Waals surface area contributed by atoms with Gasteiger partial charge < -0.3 is 4.90 Å². The van der Waals surface area contributed by atoms with Gasteiger partial charge in [0.1, 0.15) is 16.0 Å². The molecule has 1 fully saturated rings. The second-order valence-electron chi connectivity index (χ2n) is 8.68. The largest absolute Gasteiger partial charge is 0.372 e. The molecule has 1 aliphatic rings. The molecule has 0 amide bonds. The first-order valence-corrected chi connectivity index (χ1v) is 12.3. The molecule has 30 heavy (non-hydrogen) atoms. The lowest BCUT2D eigenvalue weighted by Gasteiger charge is -2.44. The fourth-order valence-corrected chi connectivity index (χ4v) is 5.53. The van der Waals surface area contributed by atoms with Gasteiger partial charge in [-0.05, 0) is 62.8 Å². The molecular weight excluding hydrogens is 403 g/mol. The molecule has 1 aliphatic heterocycles. The van der Waals surface area contributed by atoms with Crippen molar-refractivity contribution in [3.8, 4) is 0 Å². The number of imidazole rings is 1. The SMILES string of the molecule is C=C(/C=C(\C)N1CC(C)CC(CS(C)(=O)=O)C1C)c1cnc2ccc(C(C)F)nn12. The lowest BCUT2D eigenvalue weighted by molar-refractivity contribution is 0.115. The van der Waals surface area contributed by atoms with E-state index < -0.39 is 16.0 Å². The molecule has 4 unspecified atom stereocenters. The van der Waals surface area contributed by atoms with Crippen LogP contribution < -0.4 is 0 Å². The van der Waals surface area contributed by atoms with Crippen molar-refractivity contribution in [1.82, 2.24) is 19.5 Å². The first-order chi connectivity index (χ1) is 14.0. The highest BCUT2D eigenvalue weighted by Gasteiger charge is 2.33. The van der Waals surface area contributed by atoms with Gasteiger partial charge in [-0.1, -0.05) is 13.5 Å². The van der Waals surface area contributed by atoms with Gasteiger partial charge >= 0.3 is 0 Å². The number of allylic oxidation sites excluding steroid dienone is 3. The molecule has 0 saturated carbocycles. The third kappa shape index (κ3) is 4.91. The summed E-state index contributed by atoms with van der Waals surface area (Å²) < 4.78 is 39.1. The maximum absolute atomic E-state index is 13.7. The quantitative estimate of drug-likeness (QED) is 0.641. The topological polar surface area (TPSA) is 67.6 Å². The third-order valence-electron chi connectivity index (χ3n) is 5.86. The molecule has 1 saturated heterocycles. The van der Waals surface area contributed by atoms with E-state index in [2.05, 4.69) is 35.4 Å². The molecular formula is C22H31FN4O2S. The van der Waals surface area contributed by atoms with Gasteiger partial charge in [-0.25, -0.2) is 22.3 Å². The van der Waals surface area contributed by atoms with Crippen molar-refractivity contribution in [2.45, 2.75) is 46.3 Å². The van der Waals surface area contributed by atoms with Crippen molar-refractivity contribution in [3.63, 3.8) is 0 Å². The number of aromatic nitrogens is 3. The van der Waals surface area contributed by atoms with E-state index in [9.17, 15) is 12.8 Å². The minimum atomic E-state index is -3.04. The minimum absolute atomic E-state index is 0.0893.